The van der Waals surface area contributed by atoms with Crippen LogP contribution >= 0.6 is 11.6 Å². The van der Waals surface area contributed by atoms with Crippen molar-refractivity contribution in [3.05, 3.63) is 110 Å². The summed E-state index contributed by atoms with van der Waals surface area (Å²) in [5.74, 6) is -1.94. The van der Waals surface area contributed by atoms with Crippen LogP contribution < -0.4 is 4.90 Å². The van der Waals surface area contributed by atoms with Crippen molar-refractivity contribution in [1.82, 2.24) is 0 Å². The molecule has 3 aromatic carbocycles. The molecular formula is C28H19ClN2O5. The van der Waals surface area contributed by atoms with E-state index in [1.54, 1.807) is 54.6 Å². The zero-order chi connectivity index (χ0) is 25.4. The number of fused-ring (bicyclic) bond motifs is 5. The average molecular weight is 499 g/mol. The minimum atomic E-state index is -1.66. The maximum absolute atomic E-state index is 14.3. The van der Waals surface area contributed by atoms with Crippen molar-refractivity contribution in [2.24, 2.45) is 5.41 Å². The van der Waals surface area contributed by atoms with Crippen LogP contribution in [0.5, 0.6) is 0 Å². The minimum Gasteiger partial charge on any atom is -0.352 e. The summed E-state index contributed by atoms with van der Waals surface area (Å²) in [4.78, 5) is 54.8. The van der Waals surface area contributed by atoms with E-state index in [0.717, 1.165) is 5.56 Å². The summed E-state index contributed by atoms with van der Waals surface area (Å²) < 4.78 is 0. The fraction of sp³-hybridized carbons (Fsp3) is 0.179. The van der Waals surface area contributed by atoms with E-state index in [2.05, 4.69) is 0 Å². The number of rotatable bonds is 3. The van der Waals surface area contributed by atoms with Crippen LogP contribution in [-0.2, 0) is 4.79 Å². The first-order valence-corrected chi connectivity index (χ1v) is 11.8. The van der Waals surface area contributed by atoms with Crippen molar-refractivity contribution in [3.8, 4) is 0 Å². The number of Topliss-reactive ketones (excluding diaryl/α,β-unsaturated/α-hetero) is 3. The van der Waals surface area contributed by atoms with Crippen molar-refractivity contribution in [3.63, 3.8) is 0 Å². The van der Waals surface area contributed by atoms with Crippen LogP contribution in [0.25, 0.3) is 6.08 Å². The zero-order valence-corrected chi connectivity index (χ0v) is 19.8. The molecule has 1 aliphatic carbocycles. The first-order valence-electron chi connectivity index (χ1n) is 11.5. The molecule has 0 saturated carbocycles. The number of nitro benzene ring substituents is 1. The SMILES string of the molecule is CC(=O)[C@@H]1[C@H](c2cccc([N+](=O)[O-])c2)C2(C(=O)c3ccccc3C2=O)[C@H]2C=Cc3cc(Cl)ccc3N12. The molecule has 2 heterocycles. The Kier molecular flexibility index (Phi) is 4.78. The Labute approximate surface area is 211 Å². The summed E-state index contributed by atoms with van der Waals surface area (Å²) in [6.45, 7) is 1.43. The lowest BCUT2D eigenvalue weighted by atomic mass is 9.64. The predicted molar refractivity (Wildman–Crippen MR) is 135 cm³/mol. The van der Waals surface area contributed by atoms with Gasteiger partial charge in [0.2, 0.25) is 0 Å². The number of halogens is 1. The fourth-order valence-electron chi connectivity index (χ4n) is 6.31. The highest BCUT2D eigenvalue weighted by atomic mass is 35.5. The van der Waals surface area contributed by atoms with Crippen molar-refractivity contribution in [1.29, 1.82) is 0 Å². The summed E-state index contributed by atoms with van der Waals surface area (Å²) in [6.07, 6.45) is 3.61. The third-order valence-corrected chi connectivity index (χ3v) is 7.86. The van der Waals surface area contributed by atoms with Crippen LogP contribution in [0.3, 0.4) is 0 Å². The topological polar surface area (TPSA) is 97.6 Å². The van der Waals surface area contributed by atoms with Gasteiger partial charge < -0.3 is 4.90 Å². The third kappa shape index (κ3) is 2.77. The van der Waals surface area contributed by atoms with Crippen molar-refractivity contribution < 1.29 is 19.3 Å². The van der Waals surface area contributed by atoms with E-state index < -0.39 is 28.3 Å². The highest BCUT2D eigenvalue weighted by Crippen LogP contribution is 2.60. The van der Waals surface area contributed by atoms with Gasteiger partial charge in [0.15, 0.2) is 17.3 Å². The normalized spacial score (nSPS) is 22.9. The molecule has 0 amide bonds. The van der Waals surface area contributed by atoms with Gasteiger partial charge >= 0.3 is 0 Å². The monoisotopic (exact) mass is 498 g/mol. The minimum absolute atomic E-state index is 0.173. The van der Waals surface area contributed by atoms with Crippen LogP contribution in [0.4, 0.5) is 11.4 Å². The lowest BCUT2D eigenvalue weighted by molar-refractivity contribution is -0.384. The van der Waals surface area contributed by atoms with E-state index in [1.807, 2.05) is 11.0 Å². The molecule has 6 rings (SSSR count). The number of anilines is 1. The van der Waals surface area contributed by atoms with Gasteiger partial charge in [-0.2, -0.15) is 0 Å². The third-order valence-electron chi connectivity index (χ3n) is 7.62. The molecule has 0 unspecified atom stereocenters. The first kappa shape index (κ1) is 22.4. The smallest absolute Gasteiger partial charge is 0.269 e. The van der Waals surface area contributed by atoms with Gasteiger partial charge in [-0.15, -0.1) is 0 Å². The standard InChI is InChI=1S/C28H19ClN2O5/c1-15(32)25-24(17-5-4-6-19(14-17)31(35)36)28(26(33)20-7-2-3-8-21(20)27(28)34)23-12-9-16-13-18(29)10-11-22(16)30(23)25/h2-14,23-25H,1H3/t23-,24+,25-/m1/s1. The van der Waals surface area contributed by atoms with Crippen LogP contribution in [0.15, 0.2) is 72.8 Å². The van der Waals surface area contributed by atoms with Crippen molar-refractivity contribution >= 4 is 46.4 Å². The molecule has 0 radical (unpaired) electrons. The van der Waals surface area contributed by atoms with Crippen LogP contribution in [0.2, 0.25) is 5.02 Å². The van der Waals surface area contributed by atoms with Crippen molar-refractivity contribution in [2.75, 3.05) is 4.90 Å². The summed E-state index contributed by atoms with van der Waals surface area (Å²) in [6, 6.07) is 16.1. The molecule has 1 fully saturated rings. The highest BCUT2D eigenvalue weighted by molar-refractivity contribution is 6.32. The van der Waals surface area contributed by atoms with E-state index in [-0.39, 0.29) is 23.0 Å². The Bertz CT molecular complexity index is 1510. The van der Waals surface area contributed by atoms with E-state index in [9.17, 15) is 24.5 Å². The van der Waals surface area contributed by atoms with Gasteiger partial charge in [-0.05, 0) is 36.2 Å². The molecule has 8 heteroatoms. The molecule has 0 aromatic heterocycles. The van der Waals surface area contributed by atoms with Gasteiger partial charge in [0.25, 0.3) is 5.69 Å². The Hall–Kier alpha value is -4.10. The second-order valence-electron chi connectivity index (χ2n) is 9.37. The summed E-state index contributed by atoms with van der Waals surface area (Å²) in [5, 5.41) is 12.1. The molecule has 2 aliphatic heterocycles. The second kappa shape index (κ2) is 7.70. The van der Waals surface area contributed by atoms with E-state index in [1.165, 1.54) is 25.1 Å². The van der Waals surface area contributed by atoms with Crippen molar-refractivity contribution in [2.45, 2.75) is 24.9 Å². The Morgan fingerprint density at radius 2 is 1.69 bits per heavy atom. The largest absolute Gasteiger partial charge is 0.352 e. The number of non-ortho nitro benzene ring substituents is 1. The molecule has 7 nitrogen and oxygen atoms in total. The number of carbonyl (C=O) groups excluding carboxylic acids is 3. The Morgan fingerprint density at radius 1 is 1.00 bits per heavy atom. The van der Waals surface area contributed by atoms with Gasteiger partial charge in [-0.1, -0.05) is 60.2 Å². The highest BCUT2D eigenvalue weighted by Gasteiger charge is 2.71. The summed E-state index contributed by atoms with van der Waals surface area (Å²) in [5.41, 5.74) is 0.606. The van der Waals surface area contributed by atoms with E-state index in [0.29, 0.717) is 27.4 Å². The van der Waals surface area contributed by atoms with Gasteiger partial charge in [0.1, 0.15) is 5.41 Å². The quantitative estimate of drug-likeness (QED) is 0.277. The molecule has 1 spiro atoms. The maximum atomic E-state index is 14.3. The summed E-state index contributed by atoms with van der Waals surface area (Å²) >= 11 is 6.23. The number of nitro groups is 1. The zero-order valence-electron chi connectivity index (χ0n) is 19.1. The number of benzene rings is 3. The van der Waals surface area contributed by atoms with Crippen LogP contribution in [-0.4, -0.2) is 34.4 Å². The van der Waals surface area contributed by atoms with Gasteiger partial charge in [0.05, 0.1) is 17.0 Å². The predicted octanol–water partition coefficient (Wildman–Crippen LogP) is 5.27. The average Bonchev–Trinajstić information content (AvgIpc) is 3.30. The molecule has 1 saturated heterocycles. The molecule has 0 N–H and O–H groups in total. The molecule has 178 valence electrons. The molecule has 36 heavy (non-hydrogen) atoms. The van der Waals surface area contributed by atoms with Gasteiger partial charge in [-0.25, -0.2) is 0 Å². The maximum Gasteiger partial charge on any atom is 0.269 e. The number of carbonyl (C=O) groups is 3. The molecule has 3 atom stereocenters. The Balaban J connectivity index is 1.68. The van der Waals surface area contributed by atoms with Crippen LogP contribution in [0, 0.1) is 15.5 Å². The lowest BCUT2D eigenvalue weighted by Gasteiger charge is -2.37. The fourth-order valence-corrected chi connectivity index (χ4v) is 6.49. The first-order chi connectivity index (χ1) is 17.3. The molecular weight excluding hydrogens is 480 g/mol. The Morgan fingerprint density at radius 3 is 2.33 bits per heavy atom. The number of nitrogens with zero attached hydrogens (tertiary/aromatic N) is 2. The molecule has 3 aromatic rings. The second-order valence-corrected chi connectivity index (χ2v) is 9.81. The van der Waals surface area contributed by atoms with E-state index >= 15 is 0 Å². The van der Waals surface area contributed by atoms with Crippen LogP contribution in [0.1, 0.15) is 44.7 Å². The molecule has 0 bridgehead atoms. The lowest BCUT2D eigenvalue weighted by Crippen LogP contribution is -2.48. The van der Waals surface area contributed by atoms with Gasteiger partial charge in [-0.3, -0.25) is 24.5 Å². The number of hydrogen-bond acceptors (Lipinski definition) is 6. The molecule has 3 aliphatic rings. The number of ketones is 3. The number of hydrogen-bond donors (Lipinski definition) is 0. The van der Waals surface area contributed by atoms with Gasteiger partial charge in [0, 0.05) is 39.9 Å². The summed E-state index contributed by atoms with van der Waals surface area (Å²) in [7, 11) is 0. The van der Waals surface area contributed by atoms with E-state index in [4.69, 9.17) is 11.6 Å².